The van der Waals surface area contributed by atoms with Crippen molar-refractivity contribution in [2.75, 3.05) is 0 Å². The van der Waals surface area contributed by atoms with Crippen LogP contribution in [0.4, 0.5) is 0 Å². The van der Waals surface area contributed by atoms with Crippen molar-refractivity contribution in [1.29, 1.82) is 0 Å². The van der Waals surface area contributed by atoms with Gasteiger partial charge < -0.3 is 4.74 Å². The minimum atomic E-state index is 0.436. The average molecular weight is 354 g/mol. The van der Waals surface area contributed by atoms with E-state index in [2.05, 4.69) is 49.4 Å². The van der Waals surface area contributed by atoms with Gasteiger partial charge in [-0.25, -0.2) is 4.68 Å². The van der Waals surface area contributed by atoms with Gasteiger partial charge in [0.15, 0.2) is 0 Å². The standard InChI is InChI=1S/C24H22N2O/c1-2-19-13-15-23(16-14-19)27-18-21-17-24(20-9-5-3-6-10-20)26(25-21)22-11-7-4-8-12-22/h3-17H,2,18H2,1H3. The largest absolute Gasteiger partial charge is 0.487 e. The van der Waals surface area contributed by atoms with Gasteiger partial charge in [-0.1, -0.05) is 67.6 Å². The molecule has 0 fully saturated rings. The lowest BCUT2D eigenvalue weighted by molar-refractivity contribution is 0.300. The molecule has 4 rings (SSSR count). The maximum absolute atomic E-state index is 5.96. The van der Waals surface area contributed by atoms with Gasteiger partial charge in [0, 0.05) is 5.56 Å². The lowest BCUT2D eigenvalue weighted by Crippen LogP contribution is -2.01. The Morgan fingerprint density at radius 2 is 1.48 bits per heavy atom. The smallest absolute Gasteiger partial charge is 0.132 e. The number of para-hydroxylation sites is 1. The molecule has 0 aliphatic carbocycles. The van der Waals surface area contributed by atoms with Gasteiger partial charge in [-0.2, -0.15) is 5.10 Å². The third-order valence-corrected chi connectivity index (χ3v) is 4.55. The predicted molar refractivity (Wildman–Crippen MR) is 109 cm³/mol. The summed E-state index contributed by atoms with van der Waals surface area (Å²) < 4.78 is 7.94. The van der Waals surface area contributed by atoms with Gasteiger partial charge >= 0.3 is 0 Å². The molecule has 0 bridgehead atoms. The molecule has 3 heteroatoms. The quantitative estimate of drug-likeness (QED) is 0.445. The van der Waals surface area contributed by atoms with Crippen molar-refractivity contribution in [3.8, 4) is 22.7 Å². The van der Waals surface area contributed by atoms with Crippen molar-refractivity contribution >= 4 is 0 Å². The van der Waals surface area contributed by atoms with Crippen LogP contribution in [0.5, 0.6) is 5.75 Å². The van der Waals surface area contributed by atoms with E-state index in [1.54, 1.807) is 0 Å². The van der Waals surface area contributed by atoms with Crippen LogP contribution in [0.25, 0.3) is 16.9 Å². The SMILES string of the molecule is CCc1ccc(OCc2cc(-c3ccccc3)n(-c3ccccc3)n2)cc1. The molecule has 0 spiro atoms. The van der Waals surface area contributed by atoms with E-state index in [4.69, 9.17) is 9.84 Å². The predicted octanol–water partition coefficient (Wildman–Crippen LogP) is 5.68. The zero-order chi connectivity index (χ0) is 18.5. The van der Waals surface area contributed by atoms with Gasteiger partial charge in [-0.15, -0.1) is 0 Å². The van der Waals surface area contributed by atoms with E-state index in [-0.39, 0.29) is 0 Å². The molecular formula is C24H22N2O. The second kappa shape index (κ2) is 7.92. The Kier molecular flexibility index (Phi) is 5.01. The first-order valence-electron chi connectivity index (χ1n) is 9.25. The first-order valence-corrected chi connectivity index (χ1v) is 9.25. The number of aryl methyl sites for hydroxylation is 1. The zero-order valence-corrected chi connectivity index (χ0v) is 15.4. The highest BCUT2D eigenvalue weighted by Gasteiger charge is 2.12. The highest BCUT2D eigenvalue weighted by atomic mass is 16.5. The van der Waals surface area contributed by atoms with Gasteiger partial charge in [0.05, 0.1) is 11.4 Å². The van der Waals surface area contributed by atoms with Crippen molar-refractivity contribution in [2.24, 2.45) is 0 Å². The number of rotatable bonds is 6. The fraction of sp³-hybridized carbons (Fsp3) is 0.125. The first kappa shape index (κ1) is 17.1. The molecule has 0 N–H and O–H groups in total. The van der Waals surface area contributed by atoms with Crippen LogP contribution in [0.1, 0.15) is 18.2 Å². The fourth-order valence-electron chi connectivity index (χ4n) is 3.06. The van der Waals surface area contributed by atoms with E-state index in [1.165, 1.54) is 5.56 Å². The summed E-state index contributed by atoms with van der Waals surface area (Å²) in [6.45, 7) is 2.59. The number of hydrogen-bond acceptors (Lipinski definition) is 2. The molecule has 134 valence electrons. The molecule has 0 aliphatic heterocycles. The van der Waals surface area contributed by atoms with Crippen LogP contribution in [-0.2, 0) is 13.0 Å². The Morgan fingerprint density at radius 1 is 0.815 bits per heavy atom. The molecule has 3 aromatic carbocycles. The minimum absolute atomic E-state index is 0.436. The summed E-state index contributed by atoms with van der Waals surface area (Å²) in [5.41, 5.74) is 5.43. The maximum atomic E-state index is 5.96. The highest BCUT2D eigenvalue weighted by molar-refractivity contribution is 5.62. The van der Waals surface area contributed by atoms with E-state index >= 15 is 0 Å². The van der Waals surface area contributed by atoms with E-state index in [0.29, 0.717) is 6.61 Å². The van der Waals surface area contributed by atoms with Crippen LogP contribution >= 0.6 is 0 Å². The molecule has 0 radical (unpaired) electrons. The number of ether oxygens (including phenoxy) is 1. The van der Waals surface area contributed by atoms with Gasteiger partial charge in [0.2, 0.25) is 0 Å². The summed E-state index contributed by atoms with van der Waals surface area (Å²) in [6.07, 6.45) is 1.03. The third kappa shape index (κ3) is 3.93. The molecule has 1 aromatic heterocycles. The molecule has 3 nitrogen and oxygen atoms in total. The number of hydrogen-bond donors (Lipinski definition) is 0. The molecular weight excluding hydrogens is 332 g/mol. The van der Waals surface area contributed by atoms with Gasteiger partial charge in [0.25, 0.3) is 0 Å². The van der Waals surface area contributed by atoms with Crippen molar-refractivity contribution in [3.05, 3.63) is 102 Å². The number of benzene rings is 3. The average Bonchev–Trinajstić information content (AvgIpc) is 3.18. The summed E-state index contributed by atoms with van der Waals surface area (Å²) in [7, 11) is 0. The third-order valence-electron chi connectivity index (χ3n) is 4.55. The molecule has 0 saturated carbocycles. The zero-order valence-electron chi connectivity index (χ0n) is 15.4. The first-order chi connectivity index (χ1) is 13.3. The maximum Gasteiger partial charge on any atom is 0.132 e. The monoisotopic (exact) mass is 354 g/mol. The Balaban J connectivity index is 1.62. The second-order valence-corrected chi connectivity index (χ2v) is 6.42. The van der Waals surface area contributed by atoms with Gasteiger partial charge in [-0.3, -0.25) is 0 Å². The van der Waals surface area contributed by atoms with E-state index < -0.39 is 0 Å². The normalized spacial score (nSPS) is 10.7. The van der Waals surface area contributed by atoms with Crippen LogP contribution in [0.15, 0.2) is 91.0 Å². The summed E-state index contributed by atoms with van der Waals surface area (Å²) in [6, 6.07) is 30.9. The summed E-state index contributed by atoms with van der Waals surface area (Å²) >= 11 is 0. The molecule has 0 saturated heterocycles. The fourth-order valence-corrected chi connectivity index (χ4v) is 3.06. The minimum Gasteiger partial charge on any atom is -0.487 e. The van der Waals surface area contributed by atoms with E-state index in [1.807, 2.05) is 53.2 Å². The topological polar surface area (TPSA) is 27.1 Å². The summed E-state index contributed by atoms with van der Waals surface area (Å²) in [5.74, 6) is 0.864. The van der Waals surface area contributed by atoms with Crippen LogP contribution in [-0.4, -0.2) is 9.78 Å². The number of nitrogens with zero attached hydrogens (tertiary/aromatic N) is 2. The van der Waals surface area contributed by atoms with Crippen molar-refractivity contribution in [1.82, 2.24) is 9.78 Å². The van der Waals surface area contributed by atoms with Gasteiger partial charge in [-0.05, 0) is 42.3 Å². The summed E-state index contributed by atoms with van der Waals surface area (Å²) in [4.78, 5) is 0. The van der Waals surface area contributed by atoms with Gasteiger partial charge in [0.1, 0.15) is 18.1 Å². The Hall–Kier alpha value is -3.33. The van der Waals surface area contributed by atoms with Crippen LogP contribution in [0.2, 0.25) is 0 Å². The molecule has 0 atom stereocenters. The molecule has 0 unspecified atom stereocenters. The molecule has 0 aliphatic rings. The van der Waals surface area contributed by atoms with Crippen LogP contribution < -0.4 is 4.74 Å². The Morgan fingerprint density at radius 3 is 2.15 bits per heavy atom. The van der Waals surface area contributed by atoms with E-state index in [9.17, 15) is 0 Å². The van der Waals surface area contributed by atoms with Crippen LogP contribution in [0, 0.1) is 0 Å². The van der Waals surface area contributed by atoms with Crippen molar-refractivity contribution < 1.29 is 4.74 Å². The number of aromatic nitrogens is 2. The Bertz CT molecular complexity index is 933. The lowest BCUT2D eigenvalue weighted by Gasteiger charge is -2.07. The van der Waals surface area contributed by atoms with Crippen molar-refractivity contribution in [2.45, 2.75) is 20.0 Å². The lowest BCUT2D eigenvalue weighted by atomic mass is 10.1. The molecule has 0 amide bonds. The molecule has 1 heterocycles. The van der Waals surface area contributed by atoms with E-state index in [0.717, 1.165) is 34.8 Å². The molecule has 4 aromatic rings. The second-order valence-electron chi connectivity index (χ2n) is 6.42. The highest BCUT2D eigenvalue weighted by Crippen LogP contribution is 2.24. The Labute approximate surface area is 159 Å². The summed E-state index contributed by atoms with van der Waals surface area (Å²) in [5, 5.41) is 4.80. The van der Waals surface area contributed by atoms with Crippen molar-refractivity contribution in [3.63, 3.8) is 0 Å². The van der Waals surface area contributed by atoms with Crippen LogP contribution in [0.3, 0.4) is 0 Å². The molecule has 27 heavy (non-hydrogen) atoms.